The topological polar surface area (TPSA) is 70.8 Å². The molecule has 2 N–H and O–H groups in total. The molecule has 0 heterocycles. The quantitative estimate of drug-likeness (QED) is 0.619. The number of carbonyl (C=O) groups is 1. The number of ether oxygens (including phenoxy) is 3. The standard InChI is InChI=1S/C13H19NO4/c1-4-17-13(15)10-5-6-11(14)12(7-10)18-9(2)8-16-3/h5-7,9H,4,8,14H2,1-3H3. The number of carbonyl (C=O) groups excluding carboxylic acids is 1. The minimum absolute atomic E-state index is 0.144. The fraction of sp³-hybridized carbons (Fsp3) is 0.462. The minimum Gasteiger partial charge on any atom is -0.486 e. The molecular formula is C13H19NO4. The van der Waals surface area contributed by atoms with Gasteiger partial charge in [0.05, 0.1) is 24.5 Å². The van der Waals surface area contributed by atoms with E-state index in [9.17, 15) is 4.79 Å². The van der Waals surface area contributed by atoms with Crippen molar-refractivity contribution in [2.45, 2.75) is 20.0 Å². The summed E-state index contributed by atoms with van der Waals surface area (Å²) in [7, 11) is 1.60. The molecule has 1 rings (SSSR count). The minimum atomic E-state index is -0.387. The first kappa shape index (κ1) is 14.3. The van der Waals surface area contributed by atoms with Crippen LogP contribution in [0, 0.1) is 0 Å². The number of benzene rings is 1. The summed E-state index contributed by atoms with van der Waals surface area (Å²) < 4.78 is 15.5. The highest BCUT2D eigenvalue weighted by atomic mass is 16.5. The molecule has 0 aromatic heterocycles. The second-order valence-corrected chi connectivity index (χ2v) is 3.86. The molecule has 0 aliphatic rings. The van der Waals surface area contributed by atoms with Crippen LogP contribution in [0.2, 0.25) is 0 Å². The van der Waals surface area contributed by atoms with Gasteiger partial charge < -0.3 is 19.9 Å². The van der Waals surface area contributed by atoms with Crippen LogP contribution in [0.25, 0.3) is 0 Å². The number of nitrogens with two attached hydrogens (primary N) is 1. The van der Waals surface area contributed by atoms with E-state index in [2.05, 4.69) is 0 Å². The van der Waals surface area contributed by atoms with Crippen LogP contribution in [0.15, 0.2) is 18.2 Å². The molecule has 0 spiro atoms. The van der Waals surface area contributed by atoms with E-state index in [-0.39, 0.29) is 12.1 Å². The third-order valence-electron chi connectivity index (χ3n) is 2.25. The number of methoxy groups -OCH3 is 1. The molecule has 0 saturated carbocycles. The molecule has 5 nitrogen and oxygen atoms in total. The van der Waals surface area contributed by atoms with E-state index < -0.39 is 0 Å². The SMILES string of the molecule is CCOC(=O)c1ccc(N)c(OC(C)COC)c1. The predicted octanol–water partition coefficient (Wildman–Crippen LogP) is 1.86. The van der Waals surface area contributed by atoms with Gasteiger partial charge in [-0.2, -0.15) is 0 Å². The summed E-state index contributed by atoms with van der Waals surface area (Å²) >= 11 is 0. The Hall–Kier alpha value is -1.75. The molecule has 0 aliphatic heterocycles. The third-order valence-corrected chi connectivity index (χ3v) is 2.25. The molecule has 5 heteroatoms. The first-order valence-corrected chi connectivity index (χ1v) is 5.80. The first-order chi connectivity index (χ1) is 8.58. The van der Waals surface area contributed by atoms with Crippen LogP contribution in [-0.4, -0.2) is 32.4 Å². The van der Waals surface area contributed by atoms with Gasteiger partial charge in [-0.25, -0.2) is 4.79 Å². The van der Waals surface area contributed by atoms with Crippen LogP contribution in [0.1, 0.15) is 24.2 Å². The lowest BCUT2D eigenvalue weighted by Crippen LogP contribution is -2.19. The van der Waals surface area contributed by atoms with E-state index in [4.69, 9.17) is 19.9 Å². The zero-order chi connectivity index (χ0) is 13.5. The number of hydrogen-bond acceptors (Lipinski definition) is 5. The Labute approximate surface area is 107 Å². The van der Waals surface area contributed by atoms with Gasteiger partial charge in [-0.05, 0) is 32.0 Å². The molecule has 0 fully saturated rings. The molecule has 1 aromatic rings. The lowest BCUT2D eigenvalue weighted by molar-refractivity contribution is 0.0525. The van der Waals surface area contributed by atoms with Crippen LogP contribution in [-0.2, 0) is 9.47 Å². The Balaban J connectivity index is 2.84. The number of esters is 1. The van der Waals surface area contributed by atoms with Crippen molar-refractivity contribution in [3.8, 4) is 5.75 Å². The van der Waals surface area contributed by atoms with Crippen LogP contribution >= 0.6 is 0 Å². The summed E-state index contributed by atoms with van der Waals surface area (Å²) in [6.45, 7) is 4.40. The molecule has 0 saturated heterocycles. The van der Waals surface area contributed by atoms with Crippen LogP contribution in [0.4, 0.5) is 5.69 Å². The summed E-state index contributed by atoms with van der Waals surface area (Å²) in [5.41, 5.74) is 6.69. The summed E-state index contributed by atoms with van der Waals surface area (Å²) in [6.07, 6.45) is -0.144. The van der Waals surface area contributed by atoms with E-state index in [1.807, 2.05) is 6.92 Å². The van der Waals surface area contributed by atoms with Crippen molar-refractivity contribution in [3.05, 3.63) is 23.8 Å². The van der Waals surface area contributed by atoms with Crippen molar-refractivity contribution in [3.63, 3.8) is 0 Å². The van der Waals surface area contributed by atoms with Gasteiger partial charge in [-0.3, -0.25) is 0 Å². The Morgan fingerprint density at radius 3 is 2.78 bits per heavy atom. The van der Waals surface area contributed by atoms with Crippen LogP contribution in [0.5, 0.6) is 5.75 Å². The largest absolute Gasteiger partial charge is 0.486 e. The van der Waals surface area contributed by atoms with Gasteiger partial charge >= 0.3 is 5.97 Å². The van der Waals surface area contributed by atoms with Gasteiger partial charge in [0.15, 0.2) is 0 Å². The maximum atomic E-state index is 11.6. The van der Waals surface area contributed by atoms with Crippen molar-refractivity contribution < 1.29 is 19.0 Å². The van der Waals surface area contributed by atoms with E-state index in [1.165, 1.54) is 0 Å². The van der Waals surface area contributed by atoms with Crippen molar-refractivity contribution in [2.75, 3.05) is 26.1 Å². The molecule has 1 unspecified atom stereocenters. The number of rotatable bonds is 6. The lowest BCUT2D eigenvalue weighted by atomic mass is 10.2. The fourth-order valence-corrected chi connectivity index (χ4v) is 1.46. The highest BCUT2D eigenvalue weighted by Crippen LogP contribution is 2.24. The highest BCUT2D eigenvalue weighted by Gasteiger charge is 2.12. The number of hydrogen-bond donors (Lipinski definition) is 1. The molecule has 0 amide bonds. The summed E-state index contributed by atoms with van der Waals surface area (Å²) in [5.74, 6) is 0.0758. The van der Waals surface area contributed by atoms with Gasteiger partial charge in [-0.1, -0.05) is 0 Å². The summed E-state index contributed by atoms with van der Waals surface area (Å²) in [4.78, 5) is 11.6. The van der Waals surface area contributed by atoms with Gasteiger partial charge in [0.25, 0.3) is 0 Å². The van der Waals surface area contributed by atoms with E-state index >= 15 is 0 Å². The molecular weight excluding hydrogens is 234 g/mol. The average molecular weight is 253 g/mol. The zero-order valence-electron chi connectivity index (χ0n) is 10.9. The Kier molecular flexibility index (Phi) is 5.45. The number of anilines is 1. The molecule has 0 bridgehead atoms. The first-order valence-electron chi connectivity index (χ1n) is 5.80. The molecule has 0 aliphatic carbocycles. The maximum absolute atomic E-state index is 11.6. The number of nitrogen functional groups attached to an aromatic ring is 1. The normalized spacial score (nSPS) is 11.9. The van der Waals surface area contributed by atoms with Crippen LogP contribution < -0.4 is 10.5 Å². The van der Waals surface area contributed by atoms with E-state index in [1.54, 1.807) is 32.2 Å². The molecule has 1 atom stereocenters. The van der Waals surface area contributed by atoms with E-state index in [0.717, 1.165) is 0 Å². The van der Waals surface area contributed by atoms with Gasteiger partial charge in [0.1, 0.15) is 11.9 Å². The van der Waals surface area contributed by atoms with Gasteiger partial charge in [0, 0.05) is 7.11 Å². The third kappa shape index (κ3) is 3.92. The van der Waals surface area contributed by atoms with Crippen molar-refractivity contribution in [2.24, 2.45) is 0 Å². The second-order valence-electron chi connectivity index (χ2n) is 3.86. The summed E-state index contributed by atoms with van der Waals surface area (Å²) in [5, 5.41) is 0. The average Bonchev–Trinajstić information content (AvgIpc) is 2.32. The molecule has 18 heavy (non-hydrogen) atoms. The second kappa shape index (κ2) is 6.86. The highest BCUT2D eigenvalue weighted by molar-refractivity contribution is 5.90. The van der Waals surface area contributed by atoms with Crippen molar-refractivity contribution in [1.82, 2.24) is 0 Å². The fourth-order valence-electron chi connectivity index (χ4n) is 1.46. The Morgan fingerprint density at radius 1 is 1.44 bits per heavy atom. The Bertz CT molecular complexity index is 406. The van der Waals surface area contributed by atoms with Crippen molar-refractivity contribution in [1.29, 1.82) is 0 Å². The predicted molar refractivity (Wildman–Crippen MR) is 68.8 cm³/mol. The molecule has 1 aromatic carbocycles. The monoisotopic (exact) mass is 253 g/mol. The maximum Gasteiger partial charge on any atom is 0.338 e. The van der Waals surface area contributed by atoms with Crippen molar-refractivity contribution >= 4 is 11.7 Å². The Morgan fingerprint density at radius 2 is 2.17 bits per heavy atom. The smallest absolute Gasteiger partial charge is 0.338 e. The molecule has 0 radical (unpaired) electrons. The van der Waals surface area contributed by atoms with Crippen LogP contribution in [0.3, 0.4) is 0 Å². The lowest BCUT2D eigenvalue weighted by Gasteiger charge is -2.16. The zero-order valence-corrected chi connectivity index (χ0v) is 10.9. The van der Waals surface area contributed by atoms with Gasteiger partial charge in [-0.15, -0.1) is 0 Å². The molecule has 100 valence electrons. The summed E-state index contributed by atoms with van der Waals surface area (Å²) in [6, 6.07) is 4.82. The van der Waals surface area contributed by atoms with E-state index in [0.29, 0.717) is 30.2 Å². The van der Waals surface area contributed by atoms with Gasteiger partial charge in [0.2, 0.25) is 0 Å².